The summed E-state index contributed by atoms with van der Waals surface area (Å²) in [5.41, 5.74) is 2.05. The molecule has 5 nitrogen and oxygen atoms in total. The summed E-state index contributed by atoms with van der Waals surface area (Å²) in [6, 6.07) is 15.4. The van der Waals surface area contributed by atoms with Crippen molar-refractivity contribution >= 4 is 11.6 Å². The van der Waals surface area contributed by atoms with Crippen molar-refractivity contribution in [3.63, 3.8) is 0 Å². The van der Waals surface area contributed by atoms with Gasteiger partial charge in [-0.05, 0) is 55.3 Å². The molecule has 0 bridgehead atoms. The second-order valence-corrected chi connectivity index (χ2v) is 5.26. The van der Waals surface area contributed by atoms with Gasteiger partial charge in [0.15, 0.2) is 0 Å². The molecule has 0 spiro atoms. The number of methoxy groups -OCH3 is 1. The minimum absolute atomic E-state index is 0.0302. The van der Waals surface area contributed by atoms with E-state index in [4.69, 9.17) is 9.47 Å². The Labute approximate surface area is 143 Å². The van der Waals surface area contributed by atoms with Crippen molar-refractivity contribution < 1.29 is 14.3 Å². The molecule has 1 amide bonds. The molecule has 0 saturated carbocycles. The van der Waals surface area contributed by atoms with E-state index in [1.165, 1.54) is 0 Å². The molecule has 5 heteroatoms. The second-order valence-electron chi connectivity index (χ2n) is 5.26. The maximum absolute atomic E-state index is 11.9. The van der Waals surface area contributed by atoms with Gasteiger partial charge in [-0.1, -0.05) is 12.1 Å². The highest BCUT2D eigenvalue weighted by molar-refractivity contribution is 5.80. The first-order chi connectivity index (χ1) is 11.7. The highest BCUT2D eigenvalue weighted by atomic mass is 16.5. The van der Waals surface area contributed by atoms with Crippen molar-refractivity contribution in [2.45, 2.75) is 13.3 Å². The summed E-state index contributed by atoms with van der Waals surface area (Å²) < 4.78 is 10.5. The van der Waals surface area contributed by atoms with Crippen LogP contribution in [0.15, 0.2) is 48.5 Å². The quantitative estimate of drug-likeness (QED) is 0.743. The van der Waals surface area contributed by atoms with E-state index in [-0.39, 0.29) is 12.5 Å². The largest absolute Gasteiger partial charge is 0.497 e. The van der Waals surface area contributed by atoms with Gasteiger partial charge in [-0.15, -0.1) is 0 Å². The van der Waals surface area contributed by atoms with Crippen LogP contribution in [0.3, 0.4) is 0 Å². The Kier molecular flexibility index (Phi) is 6.95. The fraction of sp³-hybridized carbons (Fsp3) is 0.316. The summed E-state index contributed by atoms with van der Waals surface area (Å²) >= 11 is 0. The number of amides is 1. The molecule has 0 aliphatic rings. The van der Waals surface area contributed by atoms with Crippen LogP contribution in [-0.2, 0) is 11.2 Å². The van der Waals surface area contributed by atoms with E-state index >= 15 is 0 Å². The van der Waals surface area contributed by atoms with Crippen LogP contribution in [-0.4, -0.2) is 32.7 Å². The maximum atomic E-state index is 11.9. The minimum Gasteiger partial charge on any atom is -0.497 e. The number of carbonyl (C=O) groups is 1. The number of nitrogens with one attached hydrogen (secondary N) is 2. The zero-order valence-corrected chi connectivity index (χ0v) is 14.2. The second kappa shape index (κ2) is 9.45. The van der Waals surface area contributed by atoms with Crippen LogP contribution >= 0.6 is 0 Å². The van der Waals surface area contributed by atoms with Crippen molar-refractivity contribution in [2.24, 2.45) is 0 Å². The van der Waals surface area contributed by atoms with Crippen LogP contribution < -0.4 is 20.1 Å². The van der Waals surface area contributed by atoms with Gasteiger partial charge < -0.3 is 20.1 Å². The van der Waals surface area contributed by atoms with Crippen LogP contribution in [0.4, 0.5) is 5.69 Å². The molecule has 2 aromatic carbocycles. The molecule has 0 aromatic heterocycles. The predicted molar refractivity (Wildman–Crippen MR) is 95.8 cm³/mol. The normalized spacial score (nSPS) is 10.1. The lowest BCUT2D eigenvalue weighted by molar-refractivity contribution is -0.119. The van der Waals surface area contributed by atoms with Crippen LogP contribution in [0, 0.1) is 0 Å². The average Bonchev–Trinajstić information content (AvgIpc) is 2.62. The number of rotatable bonds is 9. The predicted octanol–water partition coefficient (Wildman–Crippen LogP) is 2.86. The molecule has 0 aliphatic heterocycles. The molecule has 24 heavy (non-hydrogen) atoms. The lowest BCUT2D eigenvalue weighted by atomic mass is 10.1. The van der Waals surface area contributed by atoms with Crippen LogP contribution in [0.1, 0.15) is 12.5 Å². The summed E-state index contributed by atoms with van der Waals surface area (Å²) in [5, 5.41) is 6.00. The van der Waals surface area contributed by atoms with Gasteiger partial charge in [-0.25, -0.2) is 0 Å². The van der Waals surface area contributed by atoms with E-state index in [1.807, 2.05) is 55.5 Å². The number of anilines is 1. The van der Waals surface area contributed by atoms with Crippen molar-refractivity contribution in [3.05, 3.63) is 54.1 Å². The topological polar surface area (TPSA) is 59.6 Å². The summed E-state index contributed by atoms with van der Waals surface area (Å²) in [7, 11) is 1.65. The maximum Gasteiger partial charge on any atom is 0.239 e. The Balaban J connectivity index is 1.67. The van der Waals surface area contributed by atoms with Gasteiger partial charge in [-0.2, -0.15) is 0 Å². The Morgan fingerprint density at radius 2 is 1.67 bits per heavy atom. The Hall–Kier alpha value is -2.69. The summed E-state index contributed by atoms with van der Waals surface area (Å²) in [4.78, 5) is 11.9. The van der Waals surface area contributed by atoms with Crippen molar-refractivity contribution in [2.75, 3.05) is 32.1 Å². The summed E-state index contributed by atoms with van der Waals surface area (Å²) in [5.74, 6) is 1.63. The molecule has 0 unspecified atom stereocenters. The third-order valence-electron chi connectivity index (χ3n) is 3.51. The Morgan fingerprint density at radius 1 is 1.00 bits per heavy atom. The number of benzene rings is 2. The zero-order chi connectivity index (χ0) is 17.2. The average molecular weight is 328 g/mol. The van der Waals surface area contributed by atoms with E-state index in [9.17, 15) is 4.79 Å². The van der Waals surface area contributed by atoms with Gasteiger partial charge >= 0.3 is 0 Å². The van der Waals surface area contributed by atoms with E-state index in [1.54, 1.807) is 7.11 Å². The number of hydrogen-bond donors (Lipinski definition) is 2. The fourth-order valence-corrected chi connectivity index (χ4v) is 2.22. The molecule has 0 aliphatic carbocycles. The fourth-order valence-electron chi connectivity index (χ4n) is 2.22. The van der Waals surface area contributed by atoms with Gasteiger partial charge in [0, 0.05) is 12.2 Å². The number of carbonyl (C=O) groups excluding carboxylic acids is 1. The lowest BCUT2D eigenvalue weighted by Crippen LogP contribution is -2.31. The lowest BCUT2D eigenvalue weighted by Gasteiger charge is -2.09. The van der Waals surface area contributed by atoms with Crippen molar-refractivity contribution in [3.8, 4) is 11.5 Å². The van der Waals surface area contributed by atoms with Crippen LogP contribution in [0.2, 0.25) is 0 Å². The Bertz CT molecular complexity index is 624. The molecule has 2 aromatic rings. The standard InChI is InChI=1S/C19H24N2O3/c1-3-24-18-10-6-16(7-11-18)21-14-19(22)20-13-12-15-4-8-17(23-2)9-5-15/h4-11,21H,3,12-14H2,1-2H3,(H,20,22). The number of hydrogen-bond acceptors (Lipinski definition) is 4. The van der Waals surface area contributed by atoms with Gasteiger partial charge in [0.25, 0.3) is 0 Å². The third kappa shape index (κ3) is 5.83. The van der Waals surface area contributed by atoms with Gasteiger partial charge in [-0.3, -0.25) is 4.79 Å². The summed E-state index contributed by atoms with van der Waals surface area (Å²) in [6.45, 7) is 3.44. The molecule has 2 rings (SSSR count). The van der Waals surface area contributed by atoms with E-state index in [2.05, 4.69) is 10.6 Å². The molecule has 0 heterocycles. The van der Waals surface area contributed by atoms with Crippen LogP contribution in [0.25, 0.3) is 0 Å². The zero-order valence-electron chi connectivity index (χ0n) is 14.2. The molecule has 2 N–H and O–H groups in total. The SMILES string of the molecule is CCOc1ccc(NCC(=O)NCCc2ccc(OC)cc2)cc1. The highest BCUT2D eigenvalue weighted by Crippen LogP contribution is 2.15. The highest BCUT2D eigenvalue weighted by Gasteiger charge is 2.02. The van der Waals surface area contributed by atoms with Gasteiger partial charge in [0.1, 0.15) is 11.5 Å². The molecule has 0 fully saturated rings. The Morgan fingerprint density at radius 3 is 2.29 bits per heavy atom. The number of ether oxygens (including phenoxy) is 2. The van der Waals surface area contributed by atoms with E-state index < -0.39 is 0 Å². The molecule has 0 saturated heterocycles. The third-order valence-corrected chi connectivity index (χ3v) is 3.51. The smallest absolute Gasteiger partial charge is 0.239 e. The van der Waals surface area contributed by atoms with E-state index in [0.29, 0.717) is 13.2 Å². The molecular formula is C19H24N2O3. The molecule has 128 valence electrons. The van der Waals surface area contributed by atoms with Crippen LogP contribution in [0.5, 0.6) is 11.5 Å². The molecule has 0 atom stereocenters. The first kappa shape index (κ1) is 17.7. The monoisotopic (exact) mass is 328 g/mol. The van der Waals surface area contributed by atoms with Gasteiger partial charge in [0.2, 0.25) is 5.91 Å². The van der Waals surface area contributed by atoms with Gasteiger partial charge in [0.05, 0.1) is 20.3 Å². The molecule has 0 radical (unpaired) electrons. The first-order valence-electron chi connectivity index (χ1n) is 8.07. The molecular weight excluding hydrogens is 304 g/mol. The minimum atomic E-state index is -0.0302. The van der Waals surface area contributed by atoms with Crippen molar-refractivity contribution in [1.82, 2.24) is 5.32 Å². The van der Waals surface area contributed by atoms with Crippen molar-refractivity contribution in [1.29, 1.82) is 0 Å². The van der Waals surface area contributed by atoms with E-state index in [0.717, 1.165) is 29.2 Å². The summed E-state index contributed by atoms with van der Waals surface area (Å²) in [6.07, 6.45) is 0.790. The first-order valence-corrected chi connectivity index (χ1v) is 8.07.